The van der Waals surface area contributed by atoms with Crippen LogP contribution in [-0.2, 0) is 6.54 Å². The van der Waals surface area contributed by atoms with E-state index in [0.29, 0.717) is 16.7 Å². The Morgan fingerprint density at radius 3 is 2.83 bits per heavy atom. The summed E-state index contributed by atoms with van der Waals surface area (Å²) in [6.45, 7) is 1.53. The van der Waals surface area contributed by atoms with Crippen molar-refractivity contribution in [2.75, 3.05) is 17.6 Å². The van der Waals surface area contributed by atoms with Crippen LogP contribution >= 0.6 is 35.6 Å². The van der Waals surface area contributed by atoms with E-state index in [-0.39, 0.29) is 0 Å². The Hall–Kier alpha value is -1.56. The highest BCUT2D eigenvalue weighted by Crippen LogP contribution is 2.21. The summed E-state index contributed by atoms with van der Waals surface area (Å²) in [5.41, 5.74) is 2.09. The van der Waals surface area contributed by atoms with Crippen LogP contribution in [0, 0.1) is 0 Å². The lowest BCUT2D eigenvalue weighted by Crippen LogP contribution is -2.35. The Balaban J connectivity index is 1.67. The smallest absolute Gasteiger partial charge is 0.179 e. The molecule has 2 aromatic carbocycles. The third-order valence-corrected chi connectivity index (χ3v) is 4.89. The van der Waals surface area contributed by atoms with Crippen LogP contribution in [0.15, 0.2) is 59.6 Å². The van der Waals surface area contributed by atoms with Gasteiger partial charge >= 0.3 is 0 Å². The average Bonchev–Trinajstić information content (AvgIpc) is 3.02. The number of rotatable bonds is 3. The number of anilines is 1. The van der Waals surface area contributed by atoms with Gasteiger partial charge in [-0.2, -0.15) is 0 Å². The summed E-state index contributed by atoms with van der Waals surface area (Å²) in [4.78, 5) is 6.75. The van der Waals surface area contributed by atoms with E-state index in [2.05, 4.69) is 17.4 Å². The Kier molecular flexibility index (Phi) is 5.54. The number of thioether (sulfide) groups is 1. The average molecular weight is 362 g/mol. The van der Waals surface area contributed by atoms with Crippen LogP contribution in [-0.4, -0.2) is 27.5 Å². The van der Waals surface area contributed by atoms with Crippen LogP contribution in [0.4, 0.5) is 5.69 Å². The summed E-state index contributed by atoms with van der Waals surface area (Å²) in [5, 5.41) is 5.54. The van der Waals surface area contributed by atoms with Gasteiger partial charge in [-0.05, 0) is 36.0 Å². The predicted molar refractivity (Wildman–Crippen MR) is 104 cm³/mol. The van der Waals surface area contributed by atoms with Gasteiger partial charge in [0.05, 0.1) is 6.54 Å². The van der Waals surface area contributed by atoms with Gasteiger partial charge < -0.3 is 5.32 Å². The molecule has 3 nitrogen and oxygen atoms in total. The summed E-state index contributed by atoms with van der Waals surface area (Å²) < 4.78 is 0. The van der Waals surface area contributed by atoms with E-state index in [0.717, 1.165) is 23.2 Å². The SMILES string of the molecule is S=C(Nc1cccc(Cl)c1)N1CCS/C1=N\Cc1ccccc1. The first-order valence-electron chi connectivity index (χ1n) is 7.27. The van der Waals surface area contributed by atoms with Crippen molar-refractivity contribution in [3.8, 4) is 0 Å². The van der Waals surface area contributed by atoms with Crippen molar-refractivity contribution >= 4 is 51.5 Å². The summed E-state index contributed by atoms with van der Waals surface area (Å²) in [6.07, 6.45) is 0. The van der Waals surface area contributed by atoms with Crippen LogP contribution in [0.3, 0.4) is 0 Å². The molecule has 23 heavy (non-hydrogen) atoms. The van der Waals surface area contributed by atoms with Crippen molar-refractivity contribution < 1.29 is 0 Å². The van der Waals surface area contributed by atoms with E-state index in [1.165, 1.54) is 5.56 Å². The Bertz CT molecular complexity index is 719. The van der Waals surface area contributed by atoms with Crippen LogP contribution in [0.5, 0.6) is 0 Å². The third kappa shape index (κ3) is 4.47. The van der Waals surface area contributed by atoms with Gasteiger partial charge in [0, 0.05) is 23.0 Å². The van der Waals surface area contributed by atoms with Gasteiger partial charge in [0.1, 0.15) is 0 Å². The Morgan fingerprint density at radius 1 is 1.22 bits per heavy atom. The zero-order valence-corrected chi connectivity index (χ0v) is 14.8. The largest absolute Gasteiger partial charge is 0.332 e. The second-order valence-electron chi connectivity index (χ2n) is 5.03. The molecule has 1 N–H and O–H groups in total. The minimum Gasteiger partial charge on any atom is -0.332 e. The van der Waals surface area contributed by atoms with Gasteiger partial charge in [-0.25, -0.2) is 0 Å². The fourth-order valence-electron chi connectivity index (χ4n) is 2.22. The highest BCUT2D eigenvalue weighted by atomic mass is 35.5. The maximum Gasteiger partial charge on any atom is 0.179 e. The minimum atomic E-state index is 0.657. The fourth-order valence-corrected chi connectivity index (χ4v) is 3.72. The molecule has 0 radical (unpaired) electrons. The highest BCUT2D eigenvalue weighted by Gasteiger charge is 2.23. The molecule has 1 fully saturated rings. The molecule has 6 heteroatoms. The molecule has 2 aromatic rings. The third-order valence-electron chi connectivity index (χ3n) is 3.34. The van der Waals surface area contributed by atoms with E-state index in [1.54, 1.807) is 11.8 Å². The Morgan fingerprint density at radius 2 is 2.04 bits per heavy atom. The maximum absolute atomic E-state index is 6.01. The van der Waals surface area contributed by atoms with Gasteiger partial charge in [0.2, 0.25) is 0 Å². The summed E-state index contributed by atoms with van der Waals surface area (Å²) in [5.74, 6) is 0.991. The molecule has 0 aliphatic carbocycles. The first-order chi connectivity index (χ1) is 11.2. The molecule has 1 aliphatic rings. The predicted octanol–water partition coefficient (Wildman–Crippen LogP) is 4.64. The number of hydrogen-bond donors (Lipinski definition) is 1. The van der Waals surface area contributed by atoms with Crippen molar-refractivity contribution in [3.05, 3.63) is 65.2 Å². The zero-order chi connectivity index (χ0) is 16.1. The van der Waals surface area contributed by atoms with Gasteiger partial charge in [0.25, 0.3) is 0 Å². The van der Waals surface area contributed by atoms with Crippen LogP contribution in [0.2, 0.25) is 5.02 Å². The number of amidine groups is 1. The number of nitrogens with one attached hydrogen (secondary N) is 1. The number of halogens is 1. The molecule has 0 saturated carbocycles. The van der Waals surface area contributed by atoms with Crippen molar-refractivity contribution in [3.63, 3.8) is 0 Å². The van der Waals surface area contributed by atoms with Crippen molar-refractivity contribution in [2.45, 2.75) is 6.54 Å². The number of benzene rings is 2. The van der Waals surface area contributed by atoms with E-state index in [9.17, 15) is 0 Å². The zero-order valence-electron chi connectivity index (χ0n) is 12.4. The normalized spacial score (nSPS) is 15.9. The molecule has 118 valence electrons. The molecule has 1 heterocycles. The van der Waals surface area contributed by atoms with Crippen LogP contribution < -0.4 is 5.32 Å². The lowest BCUT2D eigenvalue weighted by molar-refractivity contribution is 0.682. The van der Waals surface area contributed by atoms with Crippen molar-refractivity contribution in [1.82, 2.24) is 4.90 Å². The van der Waals surface area contributed by atoms with E-state index >= 15 is 0 Å². The number of nitrogens with zero attached hydrogens (tertiary/aromatic N) is 2. The first-order valence-corrected chi connectivity index (χ1v) is 9.05. The van der Waals surface area contributed by atoms with E-state index in [1.807, 2.05) is 47.4 Å². The van der Waals surface area contributed by atoms with Crippen molar-refractivity contribution in [2.24, 2.45) is 4.99 Å². The van der Waals surface area contributed by atoms with Gasteiger partial charge in [-0.15, -0.1) is 0 Å². The second-order valence-corrected chi connectivity index (χ2v) is 6.91. The van der Waals surface area contributed by atoms with Crippen molar-refractivity contribution in [1.29, 1.82) is 0 Å². The molecular weight excluding hydrogens is 346 g/mol. The van der Waals surface area contributed by atoms with Crippen LogP contribution in [0.25, 0.3) is 0 Å². The number of thiocarbonyl (C=S) groups is 1. The molecule has 1 aliphatic heterocycles. The molecule has 0 bridgehead atoms. The molecule has 0 unspecified atom stereocenters. The monoisotopic (exact) mass is 361 g/mol. The molecule has 0 spiro atoms. The molecule has 0 aromatic heterocycles. The lowest BCUT2D eigenvalue weighted by Gasteiger charge is -2.20. The number of aliphatic imine (C=N–C) groups is 1. The molecule has 0 atom stereocenters. The maximum atomic E-state index is 6.01. The quantitative estimate of drug-likeness (QED) is 0.806. The fraction of sp³-hybridized carbons (Fsp3) is 0.176. The highest BCUT2D eigenvalue weighted by molar-refractivity contribution is 8.14. The van der Waals surface area contributed by atoms with Crippen LogP contribution in [0.1, 0.15) is 5.56 Å². The second kappa shape index (κ2) is 7.81. The summed E-state index contributed by atoms with van der Waals surface area (Å²) in [7, 11) is 0. The Labute approximate surface area is 150 Å². The van der Waals surface area contributed by atoms with E-state index in [4.69, 9.17) is 28.8 Å². The minimum absolute atomic E-state index is 0.657. The van der Waals surface area contributed by atoms with Gasteiger partial charge in [0.15, 0.2) is 10.3 Å². The topological polar surface area (TPSA) is 27.6 Å². The lowest BCUT2D eigenvalue weighted by atomic mass is 10.2. The summed E-state index contributed by atoms with van der Waals surface area (Å²) in [6, 6.07) is 17.8. The standard InChI is InChI=1S/C17H16ClN3S2/c18-14-7-4-8-15(11-14)20-16(22)21-9-10-23-17(21)19-12-13-5-2-1-3-6-13/h1-8,11H,9-10,12H2,(H,20,22)/b19-17-. The molecule has 0 amide bonds. The molecular formula is C17H16ClN3S2. The van der Waals surface area contributed by atoms with E-state index < -0.39 is 0 Å². The summed E-state index contributed by atoms with van der Waals surface area (Å²) >= 11 is 13.3. The first kappa shape index (κ1) is 16.3. The van der Waals surface area contributed by atoms with Gasteiger partial charge in [-0.1, -0.05) is 59.8 Å². The number of hydrogen-bond acceptors (Lipinski definition) is 3. The molecule has 1 saturated heterocycles. The van der Waals surface area contributed by atoms with Gasteiger partial charge in [-0.3, -0.25) is 9.89 Å². The molecule has 3 rings (SSSR count).